The summed E-state index contributed by atoms with van der Waals surface area (Å²) in [5, 5.41) is 16.9. The quantitative estimate of drug-likeness (QED) is 0.694. The molecule has 1 aromatic carbocycles. The number of amides is 1. The van der Waals surface area contributed by atoms with Crippen LogP contribution in [0.3, 0.4) is 0 Å². The molecule has 0 saturated heterocycles. The van der Waals surface area contributed by atoms with Gasteiger partial charge in [0.25, 0.3) is 5.91 Å². The zero-order valence-electron chi connectivity index (χ0n) is 14.0. The minimum atomic E-state index is -0.571. The standard InChI is InChI=1S/C18H17ClN4O3/c1-23-10-12(9-20-23)16(11-24)22-18(25)15-3-2-4-17(21-15)26-14-7-5-13(19)6-8-14/h2-10,16,24H,11H2,1H3,(H,22,25). The van der Waals surface area contributed by atoms with Crippen LogP contribution in [0.4, 0.5) is 0 Å². The number of hydrogen-bond acceptors (Lipinski definition) is 5. The zero-order chi connectivity index (χ0) is 18.5. The Morgan fingerprint density at radius 2 is 2.08 bits per heavy atom. The van der Waals surface area contributed by atoms with Crippen LogP contribution in [-0.4, -0.2) is 32.4 Å². The topological polar surface area (TPSA) is 89.3 Å². The number of aryl methyl sites for hydroxylation is 1. The Labute approximate surface area is 155 Å². The second-order valence-corrected chi connectivity index (χ2v) is 6.01. The highest BCUT2D eigenvalue weighted by molar-refractivity contribution is 6.30. The molecule has 1 unspecified atom stereocenters. The van der Waals surface area contributed by atoms with Gasteiger partial charge in [0, 0.05) is 29.9 Å². The number of carbonyl (C=O) groups is 1. The predicted octanol–water partition coefficient (Wildman–Crippen LogP) is 2.72. The van der Waals surface area contributed by atoms with E-state index in [1.807, 2.05) is 0 Å². The fourth-order valence-electron chi connectivity index (χ4n) is 2.31. The third kappa shape index (κ3) is 4.38. The molecule has 0 aliphatic carbocycles. The molecule has 2 aromatic heterocycles. The van der Waals surface area contributed by atoms with Gasteiger partial charge in [-0.2, -0.15) is 5.10 Å². The predicted molar refractivity (Wildman–Crippen MR) is 96.3 cm³/mol. The lowest BCUT2D eigenvalue weighted by molar-refractivity contribution is 0.0910. The summed E-state index contributed by atoms with van der Waals surface area (Å²) in [6, 6.07) is 11.1. The van der Waals surface area contributed by atoms with E-state index in [0.29, 0.717) is 16.3 Å². The van der Waals surface area contributed by atoms with Crippen LogP contribution in [0.1, 0.15) is 22.1 Å². The third-order valence-electron chi connectivity index (χ3n) is 3.61. The number of carbonyl (C=O) groups excluding carboxylic acids is 1. The number of rotatable bonds is 6. The molecule has 2 heterocycles. The van der Waals surface area contributed by atoms with Gasteiger partial charge in [0.05, 0.1) is 18.8 Å². The molecular weight excluding hydrogens is 356 g/mol. The largest absolute Gasteiger partial charge is 0.439 e. The molecule has 0 aliphatic heterocycles. The minimum absolute atomic E-state index is 0.179. The molecule has 0 saturated carbocycles. The monoisotopic (exact) mass is 372 g/mol. The fourth-order valence-corrected chi connectivity index (χ4v) is 2.43. The van der Waals surface area contributed by atoms with Crippen LogP contribution in [0.5, 0.6) is 11.6 Å². The van der Waals surface area contributed by atoms with Gasteiger partial charge in [-0.25, -0.2) is 4.98 Å². The van der Waals surface area contributed by atoms with Gasteiger partial charge in [-0.3, -0.25) is 9.48 Å². The Balaban J connectivity index is 1.72. The number of ether oxygens (including phenoxy) is 1. The minimum Gasteiger partial charge on any atom is -0.439 e. The molecule has 0 aliphatic rings. The van der Waals surface area contributed by atoms with E-state index in [2.05, 4.69) is 15.4 Å². The Bertz CT molecular complexity index is 895. The van der Waals surface area contributed by atoms with Crippen molar-refractivity contribution in [2.24, 2.45) is 7.05 Å². The second-order valence-electron chi connectivity index (χ2n) is 5.57. The summed E-state index contributed by atoms with van der Waals surface area (Å²) in [4.78, 5) is 16.7. The van der Waals surface area contributed by atoms with Crippen LogP contribution in [0.2, 0.25) is 5.02 Å². The molecule has 7 nitrogen and oxygen atoms in total. The Morgan fingerprint density at radius 1 is 1.31 bits per heavy atom. The summed E-state index contributed by atoms with van der Waals surface area (Å²) in [5.74, 6) is 0.416. The van der Waals surface area contributed by atoms with Crippen molar-refractivity contribution in [2.45, 2.75) is 6.04 Å². The van der Waals surface area contributed by atoms with Crippen LogP contribution in [-0.2, 0) is 7.05 Å². The molecule has 26 heavy (non-hydrogen) atoms. The number of nitrogens with one attached hydrogen (secondary N) is 1. The van der Waals surface area contributed by atoms with E-state index in [9.17, 15) is 9.90 Å². The van der Waals surface area contributed by atoms with Gasteiger partial charge in [0.2, 0.25) is 5.88 Å². The molecule has 8 heteroatoms. The number of aliphatic hydroxyl groups excluding tert-OH is 1. The van der Waals surface area contributed by atoms with E-state index in [1.165, 1.54) is 0 Å². The molecular formula is C18H17ClN4O3. The number of nitrogens with zero attached hydrogens (tertiary/aromatic N) is 3. The molecule has 0 bridgehead atoms. The van der Waals surface area contributed by atoms with Crippen LogP contribution in [0.25, 0.3) is 0 Å². The van der Waals surface area contributed by atoms with Crippen LogP contribution in [0, 0.1) is 0 Å². The zero-order valence-corrected chi connectivity index (χ0v) is 14.7. The highest BCUT2D eigenvalue weighted by atomic mass is 35.5. The third-order valence-corrected chi connectivity index (χ3v) is 3.86. The molecule has 2 N–H and O–H groups in total. The smallest absolute Gasteiger partial charge is 0.270 e. The van der Waals surface area contributed by atoms with Crippen molar-refractivity contribution in [3.05, 3.63) is 71.1 Å². The summed E-state index contributed by atoms with van der Waals surface area (Å²) in [6.07, 6.45) is 3.32. The van der Waals surface area contributed by atoms with Crippen molar-refractivity contribution >= 4 is 17.5 Å². The van der Waals surface area contributed by atoms with Crippen molar-refractivity contribution in [1.29, 1.82) is 0 Å². The van der Waals surface area contributed by atoms with Crippen molar-refractivity contribution in [1.82, 2.24) is 20.1 Å². The van der Waals surface area contributed by atoms with E-state index in [4.69, 9.17) is 16.3 Å². The van der Waals surface area contributed by atoms with Crippen molar-refractivity contribution < 1.29 is 14.6 Å². The molecule has 3 rings (SSSR count). The van der Waals surface area contributed by atoms with Crippen molar-refractivity contribution in [3.63, 3.8) is 0 Å². The lowest BCUT2D eigenvalue weighted by Crippen LogP contribution is -2.31. The number of hydrogen-bond donors (Lipinski definition) is 2. The first-order valence-corrected chi connectivity index (χ1v) is 8.23. The SMILES string of the molecule is Cn1cc(C(CO)NC(=O)c2cccc(Oc3ccc(Cl)cc3)n2)cn1. The summed E-state index contributed by atoms with van der Waals surface area (Å²) in [7, 11) is 1.76. The molecule has 0 spiro atoms. The number of benzene rings is 1. The van der Waals surface area contributed by atoms with Crippen LogP contribution in [0.15, 0.2) is 54.9 Å². The number of aliphatic hydroxyl groups is 1. The summed E-state index contributed by atoms with van der Waals surface area (Å²) in [6.45, 7) is -0.252. The number of aromatic nitrogens is 3. The Hall–Kier alpha value is -2.90. The van der Waals surface area contributed by atoms with Crippen molar-refractivity contribution in [3.8, 4) is 11.6 Å². The summed E-state index contributed by atoms with van der Waals surface area (Å²) < 4.78 is 7.23. The van der Waals surface area contributed by atoms with Gasteiger partial charge >= 0.3 is 0 Å². The first-order valence-electron chi connectivity index (χ1n) is 7.86. The number of halogens is 1. The first-order chi connectivity index (χ1) is 12.5. The van der Waals surface area contributed by atoms with Crippen LogP contribution < -0.4 is 10.1 Å². The van der Waals surface area contributed by atoms with Gasteiger partial charge in [0.1, 0.15) is 11.4 Å². The maximum atomic E-state index is 12.5. The molecule has 0 radical (unpaired) electrons. The normalized spacial score (nSPS) is 11.8. The second kappa shape index (κ2) is 7.99. The average Bonchev–Trinajstić information content (AvgIpc) is 3.08. The highest BCUT2D eigenvalue weighted by Crippen LogP contribution is 2.22. The van der Waals surface area contributed by atoms with Gasteiger partial charge in [0.15, 0.2) is 0 Å². The van der Waals surface area contributed by atoms with E-state index in [-0.39, 0.29) is 18.2 Å². The maximum absolute atomic E-state index is 12.5. The van der Waals surface area contributed by atoms with Crippen molar-refractivity contribution in [2.75, 3.05) is 6.61 Å². The van der Waals surface area contributed by atoms with Crippen LogP contribution >= 0.6 is 11.6 Å². The van der Waals surface area contributed by atoms with Gasteiger partial charge < -0.3 is 15.2 Å². The molecule has 0 fully saturated rings. The first kappa shape index (κ1) is 17.9. The molecule has 134 valence electrons. The molecule has 1 atom stereocenters. The maximum Gasteiger partial charge on any atom is 0.270 e. The number of pyridine rings is 1. The lowest BCUT2D eigenvalue weighted by Gasteiger charge is -2.14. The van der Waals surface area contributed by atoms with Gasteiger partial charge in [-0.15, -0.1) is 0 Å². The molecule has 1 amide bonds. The van der Waals surface area contributed by atoms with Gasteiger partial charge in [-0.1, -0.05) is 17.7 Å². The fraction of sp³-hybridized carbons (Fsp3) is 0.167. The Kier molecular flexibility index (Phi) is 5.50. The Morgan fingerprint density at radius 3 is 2.73 bits per heavy atom. The highest BCUT2D eigenvalue weighted by Gasteiger charge is 2.17. The van der Waals surface area contributed by atoms with E-state index in [0.717, 1.165) is 0 Å². The van der Waals surface area contributed by atoms with E-state index in [1.54, 1.807) is 66.6 Å². The van der Waals surface area contributed by atoms with E-state index < -0.39 is 11.9 Å². The lowest BCUT2D eigenvalue weighted by atomic mass is 10.1. The molecule has 3 aromatic rings. The summed E-state index contributed by atoms with van der Waals surface area (Å²) in [5.41, 5.74) is 0.885. The van der Waals surface area contributed by atoms with E-state index >= 15 is 0 Å². The summed E-state index contributed by atoms with van der Waals surface area (Å²) >= 11 is 5.85. The van der Waals surface area contributed by atoms with Gasteiger partial charge in [-0.05, 0) is 30.3 Å². The average molecular weight is 373 g/mol.